The van der Waals surface area contributed by atoms with Crippen molar-refractivity contribution >= 4 is 17.5 Å². The fourth-order valence-corrected chi connectivity index (χ4v) is 2.84. The zero-order chi connectivity index (χ0) is 16.9. The summed E-state index contributed by atoms with van der Waals surface area (Å²) < 4.78 is 0. The second-order valence-corrected chi connectivity index (χ2v) is 6.45. The van der Waals surface area contributed by atoms with Crippen molar-refractivity contribution in [1.29, 1.82) is 0 Å². The predicted octanol–water partition coefficient (Wildman–Crippen LogP) is 3.53. The first-order valence-corrected chi connectivity index (χ1v) is 8.63. The van der Waals surface area contributed by atoms with Crippen LogP contribution in [0, 0.1) is 5.92 Å². The van der Waals surface area contributed by atoms with Crippen LogP contribution in [0.2, 0.25) is 0 Å². The molecule has 0 bridgehead atoms. The Morgan fingerprint density at radius 1 is 1.17 bits per heavy atom. The Kier molecular flexibility index (Phi) is 5.08. The summed E-state index contributed by atoms with van der Waals surface area (Å²) in [5, 5.41) is 2.88. The van der Waals surface area contributed by atoms with E-state index in [1.807, 2.05) is 24.3 Å². The number of piperidine rings is 1. The average Bonchev–Trinajstić information content (AvgIpc) is 2.63. The van der Waals surface area contributed by atoms with Crippen molar-refractivity contribution in [1.82, 2.24) is 9.97 Å². The van der Waals surface area contributed by atoms with Crippen LogP contribution in [-0.4, -0.2) is 29.0 Å². The molecule has 3 rings (SSSR count). The number of rotatable bonds is 4. The molecule has 2 aromatic rings. The molecule has 2 heterocycles. The lowest BCUT2D eigenvalue weighted by molar-refractivity contribution is 0.102. The van der Waals surface area contributed by atoms with Gasteiger partial charge in [-0.05, 0) is 42.9 Å². The number of anilines is 2. The maximum atomic E-state index is 12.3. The number of benzene rings is 1. The van der Waals surface area contributed by atoms with Crippen molar-refractivity contribution in [2.75, 3.05) is 23.3 Å². The van der Waals surface area contributed by atoms with Crippen molar-refractivity contribution in [2.24, 2.45) is 5.92 Å². The first-order chi connectivity index (χ1) is 11.7. The third kappa shape index (κ3) is 3.91. The molecule has 5 heteroatoms. The summed E-state index contributed by atoms with van der Waals surface area (Å²) in [7, 11) is 0. The molecule has 24 heavy (non-hydrogen) atoms. The fraction of sp³-hybridized carbons (Fsp3) is 0.421. The smallest absolute Gasteiger partial charge is 0.258 e. The molecule has 0 radical (unpaired) electrons. The Morgan fingerprint density at radius 3 is 2.38 bits per heavy atom. The van der Waals surface area contributed by atoms with Crippen molar-refractivity contribution in [2.45, 2.75) is 33.1 Å². The Morgan fingerprint density at radius 2 is 1.79 bits per heavy atom. The molecule has 1 fully saturated rings. The highest BCUT2D eigenvalue weighted by Gasteiger charge is 2.18. The van der Waals surface area contributed by atoms with Gasteiger partial charge in [0, 0.05) is 31.2 Å². The number of hydrogen-bond donors (Lipinski definition) is 1. The highest BCUT2D eigenvalue weighted by molar-refractivity contribution is 6.03. The summed E-state index contributed by atoms with van der Waals surface area (Å²) in [6, 6.07) is 7.88. The predicted molar refractivity (Wildman–Crippen MR) is 96.4 cm³/mol. The molecule has 126 valence electrons. The normalized spacial score (nSPS) is 15.3. The molecule has 0 aliphatic carbocycles. The first-order valence-electron chi connectivity index (χ1n) is 8.63. The van der Waals surface area contributed by atoms with Gasteiger partial charge in [-0.1, -0.05) is 26.0 Å². The number of carbonyl (C=O) groups is 1. The summed E-state index contributed by atoms with van der Waals surface area (Å²) in [5.74, 6) is 1.30. The van der Waals surface area contributed by atoms with Gasteiger partial charge >= 0.3 is 0 Å². The van der Waals surface area contributed by atoms with Gasteiger partial charge < -0.3 is 10.2 Å². The number of amides is 1. The van der Waals surface area contributed by atoms with Crippen molar-refractivity contribution < 1.29 is 4.79 Å². The molecule has 5 nitrogen and oxygen atoms in total. The Hall–Kier alpha value is -2.43. The van der Waals surface area contributed by atoms with Gasteiger partial charge in [0.1, 0.15) is 0 Å². The topological polar surface area (TPSA) is 58.1 Å². The Labute approximate surface area is 143 Å². The van der Waals surface area contributed by atoms with E-state index in [9.17, 15) is 4.79 Å². The van der Waals surface area contributed by atoms with Crippen LogP contribution in [0.25, 0.3) is 0 Å². The van der Waals surface area contributed by atoms with E-state index >= 15 is 0 Å². The molecule has 1 N–H and O–H groups in total. The first kappa shape index (κ1) is 16.4. The number of aromatic nitrogens is 2. The van der Waals surface area contributed by atoms with Crippen LogP contribution < -0.4 is 10.2 Å². The van der Waals surface area contributed by atoms with Crippen molar-refractivity contribution in [3.8, 4) is 0 Å². The maximum Gasteiger partial charge on any atom is 0.258 e. The standard InChI is InChI=1S/C19H24N4O/c1-3-15-4-6-17(7-5-15)22-18(24)16-12-20-19(21-13-16)23-10-8-14(2)9-11-23/h4-7,12-14H,3,8-11H2,1-2H3,(H,22,24). The minimum absolute atomic E-state index is 0.182. The van der Waals surface area contributed by atoms with Gasteiger partial charge in [-0.3, -0.25) is 4.79 Å². The molecule has 1 aromatic heterocycles. The molecule has 0 unspecified atom stereocenters. The second-order valence-electron chi connectivity index (χ2n) is 6.45. The largest absolute Gasteiger partial charge is 0.341 e. The fourth-order valence-electron chi connectivity index (χ4n) is 2.84. The van der Waals surface area contributed by atoms with Crippen LogP contribution in [0.5, 0.6) is 0 Å². The van der Waals surface area contributed by atoms with Gasteiger partial charge in [0.25, 0.3) is 5.91 Å². The molecule has 1 amide bonds. The van der Waals surface area contributed by atoms with Gasteiger partial charge in [0.2, 0.25) is 5.95 Å². The van der Waals surface area contributed by atoms with E-state index in [1.165, 1.54) is 18.4 Å². The van der Waals surface area contributed by atoms with E-state index in [0.29, 0.717) is 11.5 Å². The summed E-state index contributed by atoms with van der Waals surface area (Å²) >= 11 is 0. The lowest BCUT2D eigenvalue weighted by atomic mass is 10.00. The molecule has 0 spiro atoms. The van der Waals surface area contributed by atoms with Crippen LogP contribution in [-0.2, 0) is 6.42 Å². The number of carbonyl (C=O) groups excluding carboxylic acids is 1. The summed E-state index contributed by atoms with van der Waals surface area (Å²) in [4.78, 5) is 23.2. The third-order valence-corrected chi connectivity index (χ3v) is 4.59. The van der Waals surface area contributed by atoms with Crippen LogP contribution in [0.1, 0.15) is 42.6 Å². The number of nitrogens with one attached hydrogen (secondary N) is 1. The molecule has 0 atom stereocenters. The minimum Gasteiger partial charge on any atom is -0.341 e. The minimum atomic E-state index is -0.182. The van der Waals surface area contributed by atoms with E-state index in [0.717, 1.165) is 31.1 Å². The second kappa shape index (κ2) is 7.43. The lowest BCUT2D eigenvalue weighted by Gasteiger charge is -2.30. The van der Waals surface area contributed by atoms with E-state index in [4.69, 9.17) is 0 Å². The molecule has 1 saturated heterocycles. The molecular formula is C19H24N4O. The third-order valence-electron chi connectivity index (χ3n) is 4.59. The van der Waals surface area contributed by atoms with E-state index in [1.54, 1.807) is 12.4 Å². The van der Waals surface area contributed by atoms with E-state index in [-0.39, 0.29) is 5.91 Å². The van der Waals surface area contributed by atoms with Crippen LogP contribution in [0.15, 0.2) is 36.7 Å². The van der Waals surface area contributed by atoms with Gasteiger partial charge in [-0.2, -0.15) is 0 Å². The average molecular weight is 324 g/mol. The van der Waals surface area contributed by atoms with Gasteiger partial charge in [-0.15, -0.1) is 0 Å². The highest BCUT2D eigenvalue weighted by atomic mass is 16.1. The lowest BCUT2D eigenvalue weighted by Crippen LogP contribution is -2.34. The summed E-state index contributed by atoms with van der Waals surface area (Å²) in [5.41, 5.74) is 2.51. The van der Waals surface area contributed by atoms with Gasteiger partial charge in [0.05, 0.1) is 5.56 Å². The zero-order valence-corrected chi connectivity index (χ0v) is 14.3. The SMILES string of the molecule is CCc1ccc(NC(=O)c2cnc(N3CCC(C)CC3)nc2)cc1. The molecule has 1 aliphatic rings. The van der Waals surface area contributed by atoms with E-state index in [2.05, 4.69) is 34.0 Å². The van der Waals surface area contributed by atoms with E-state index < -0.39 is 0 Å². The number of aryl methyl sites for hydroxylation is 1. The maximum absolute atomic E-state index is 12.3. The molecule has 1 aromatic carbocycles. The van der Waals surface area contributed by atoms with Crippen LogP contribution in [0.3, 0.4) is 0 Å². The molecular weight excluding hydrogens is 300 g/mol. The monoisotopic (exact) mass is 324 g/mol. The van der Waals surface area contributed by atoms with Crippen LogP contribution >= 0.6 is 0 Å². The highest BCUT2D eigenvalue weighted by Crippen LogP contribution is 2.20. The number of hydrogen-bond acceptors (Lipinski definition) is 4. The Bertz CT molecular complexity index is 674. The summed E-state index contributed by atoms with van der Waals surface area (Å²) in [6.45, 7) is 6.35. The van der Waals surface area contributed by atoms with Crippen molar-refractivity contribution in [3.05, 3.63) is 47.8 Å². The van der Waals surface area contributed by atoms with Crippen LogP contribution in [0.4, 0.5) is 11.6 Å². The van der Waals surface area contributed by atoms with Crippen molar-refractivity contribution in [3.63, 3.8) is 0 Å². The molecule has 0 saturated carbocycles. The summed E-state index contributed by atoms with van der Waals surface area (Å²) in [6.07, 6.45) is 6.53. The van der Waals surface area contributed by atoms with Gasteiger partial charge in [0.15, 0.2) is 0 Å². The number of nitrogens with zero attached hydrogens (tertiary/aromatic N) is 3. The quantitative estimate of drug-likeness (QED) is 0.935. The van der Waals surface area contributed by atoms with Gasteiger partial charge in [-0.25, -0.2) is 9.97 Å². The zero-order valence-electron chi connectivity index (χ0n) is 14.3. The Balaban J connectivity index is 1.62. The molecule has 1 aliphatic heterocycles.